The first-order valence-corrected chi connectivity index (χ1v) is 7.84. The first-order chi connectivity index (χ1) is 9.99. The Labute approximate surface area is 128 Å². The van der Waals surface area contributed by atoms with Gasteiger partial charge >= 0.3 is 0 Å². The van der Waals surface area contributed by atoms with Crippen LogP contribution in [0, 0.1) is 5.92 Å². The highest BCUT2D eigenvalue weighted by Gasteiger charge is 2.21. The zero-order valence-electron chi connectivity index (χ0n) is 13.2. The molecule has 2 aromatic carbocycles. The molecule has 1 aliphatic rings. The average Bonchev–Trinajstić information content (AvgIpc) is 2.79. The Bertz CT molecular complexity index is 597. The van der Waals surface area contributed by atoms with Crippen LogP contribution < -0.4 is 4.74 Å². The lowest BCUT2D eigenvalue weighted by Crippen LogP contribution is -2.23. The minimum atomic E-state index is -0.137. The molecule has 1 heteroatoms. The smallest absolute Gasteiger partial charge is 0.120 e. The van der Waals surface area contributed by atoms with Gasteiger partial charge in [-0.1, -0.05) is 36.4 Å². The molecule has 110 valence electrons. The zero-order valence-corrected chi connectivity index (χ0v) is 13.2. The van der Waals surface area contributed by atoms with Crippen LogP contribution in [0.1, 0.15) is 37.5 Å². The number of fused-ring (bicyclic) bond motifs is 1. The average molecular weight is 280 g/mol. The highest BCUT2D eigenvalue weighted by atomic mass is 16.5. The van der Waals surface area contributed by atoms with Crippen molar-refractivity contribution in [1.82, 2.24) is 0 Å². The Hall–Kier alpha value is -1.76. The Morgan fingerprint density at radius 3 is 2.24 bits per heavy atom. The van der Waals surface area contributed by atoms with E-state index in [-0.39, 0.29) is 5.60 Å². The van der Waals surface area contributed by atoms with Crippen LogP contribution in [-0.2, 0) is 19.3 Å². The normalized spacial score (nSPS) is 15.0. The van der Waals surface area contributed by atoms with Gasteiger partial charge in [0.1, 0.15) is 11.4 Å². The summed E-state index contributed by atoms with van der Waals surface area (Å²) in [5.74, 6) is 1.71. The van der Waals surface area contributed by atoms with Gasteiger partial charge in [-0.3, -0.25) is 0 Å². The molecule has 0 spiro atoms. The minimum Gasteiger partial charge on any atom is -0.488 e. The van der Waals surface area contributed by atoms with Gasteiger partial charge in [0.2, 0.25) is 0 Å². The third-order valence-electron chi connectivity index (χ3n) is 3.98. The molecule has 0 radical (unpaired) electrons. The monoisotopic (exact) mass is 280 g/mol. The summed E-state index contributed by atoms with van der Waals surface area (Å²) in [5, 5.41) is 0. The molecule has 0 N–H and O–H groups in total. The maximum absolute atomic E-state index is 5.97. The predicted molar refractivity (Wildman–Crippen MR) is 87.9 cm³/mol. The molecule has 0 heterocycles. The standard InChI is InChI=1S/C20H24O/c1-20(2,3)21-19-10-6-7-15(14-19)11-16-12-17-8-4-5-9-18(17)13-16/h4-10,14,16H,11-13H2,1-3H3. The molecule has 1 aliphatic carbocycles. The predicted octanol–water partition coefficient (Wildman–Crippen LogP) is 4.82. The van der Waals surface area contributed by atoms with E-state index in [1.807, 2.05) is 0 Å². The summed E-state index contributed by atoms with van der Waals surface area (Å²) < 4.78 is 5.97. The Kier molecular flexibility index (Phi) is 3.75. The molecule has 21 heavy (non-hydrogen) atoms. The third kappa shape index (κ3) is 3.66. The van der Waals surface area contributed by atoms with Crippen molar-refractivity contribution in [1.29, 1.82) is 0 Å². The van der Waals surface area contributed by atoms with Crippen LogP contribution >= 0.6 is 0 Å². The fourth-order valence-electron chi connectivity index (χ4n) is 3.22. The van der Waals surface area contributed by atoms with E-state index in [1.165, 1.54) is 29.5 Å². The van der Waals surface area contributed by atoms with E-state index >= 15 is 0 Å². The van der Waals surface area contributed by atoms with E-state index in [9.17, 15) is 0 Å². The van der Waals surface area contributed by atoms with E-state index in [0.29, 0.717) is 0 Å². The molecule has 0 bridgehead atoms. The molecule has 0 amide bonds. The van der Waals surface area contributed by atoms with Gasteiger partial charge in [-0.05, 0) is 74.8 Å². The molecule has 0 fully saturated rings. The molecule has 0 aliphatic heterocycles. The van der Waals surface area contributed by atoms with Crippen LogP contribution in [0.5, 0.6) is 5.75 Å². The fourth-order valence-corrected chi connectivity index (χ4v) is 3.22. The van der Waals surface area contributed by atoms with Gasteiger partial charge in [0.05, 0.1) is 0 Å². The number of ether oxygens (including phenoxy) is 1. The molecule has 3 rings (SSSR count). The highest BCUT2D eigenvalue weighted by molar-refractivity contribution is 5.34. The molecular formula is C20H24O. The van der Waals surface area contributed by atoms with Crippen LogP contribution in [0.15, 0.2) is 48.5 Å². The van der Waals surface area contributed by atoms with Crippen LogP contribution in [0.2, 0.25) is 0 Å². The van der Waals surface area contributed by atoms with Crippen LogP contribution in [0.25, 0.3) is 0 Å². The maximum Gasteiger partial charge on any atom is 0.120 e. The van der Waals surface area contributed by atoms with Gasteiger partial charge < -0.3 is 4.74 Å². The third-order valence-corrected chi connectivity index (χ3v) is 3.98. The van der Waals surface area contributed by atoms with Gasteiger partial charge in [0.15, 0.2) is 0 Å². The Balaban J connectivity index is 1.68. The lowest BCUT2D eigenvalue weighted by molar-refractivity contribution is 0.131. The van der Waals surface area contributed by atoms with Crippen molar-refractivity contribution in [3.8, 4) is 5.75 Å². The van der Waals surface area contributed by atoms with Gasteiger partial charge in [0.25, 0.3) is 0 Å². The van der Waals surface area contributed by atoms with Gasteiger partial charge in [-0.25, -0.2) is 0 Å². The van der Waals surface area contributed by atoms with Crippen molar-refractivity contribution in [3.05, 3.63) is 65.2 Å². The summed E-state index contributed by atoms with van der Waals surface area (Å²) >= 11 is 0. The van der Waals surface area contributed by atoms with Crippen molar-refractivity contribution in [2.45, 2.75) is 45.6 Å². The molecule has 1 nitrogen and oxygen atoms in total. The summed E-state index contributed by atoms with van der Waals surface area (Å²) in [6, 6.07) is 17.4. The highest BCUT2D eigenvalue weighted by Crippen LogP contribution is 2.30. The molecule has 0 aromatic heterocycles. The fraction of sp³-hybridized carbons (Fsp3) is 0.400. The SMILES string of the molecule is CC(C)(C)Oc1cccc(CC2Cc3ccccc3C2)c1. The largest absolute Gasteiger partial charge is 0.488 e. The molecular weight excluding hydrogens is 256 g/mol. The van der Waals surface area contributed by atoms with E-state index < -0.39 is 0 Å². The van der Waals surface area contributed by atoms with Crippen molar-refractivity contribution < 1.29 is 4.74 Å². The van der Waals surface area contributed by atoms with Crippen molar-refractivity contribution in [2.75, 3.05) is 0 Å². The van der Waals surface area contributed by atoms with Crippen molar-refractivity contribution in [3.63, 3.8) is 0 Å². The summed E-state index contributed by atoms with van der Waals surface area (Å²) in [7, 11) is 0. The van der Waals surface area contributed by atoms with E-state index in [0.717, 1.165) is 18.1 Å². The topological polar surface area (TPSA) is 9.23 Å². The summed E-state index contributed by atoms with van der Waals surface area (Å²) in [6.45, 7) is 6.27. The van der Waals surface area contributed by atoms with Crippen LogP contribution in [-0.4, -0.2) is 5.60 Å². The molecule has 0 unspecified atom stereocenters. The number of hydrogen-bond donors (Lipinski definition) is 0. The molecule has 0 saturated heterocycles. The van der Waals surface area contributed by atoms with Gasteiger partial charge in [-0.15, -0.1) is 0 Å². The van der Waals surface area contributed by atoms with E-state index in [4.69, 9.17) is 4.74 Å². The van der Waals surface area contributed by atoms with Gasteiger partial charge in [-0.2, -0.15) is 0 Å². The van der Waals surface area contributed by atoms with E-state index in [2.05, 4.69) is 69.3 Å². The summed E-state index contributed by atoms with van der Waals surface area (Å²) in [6.07, 6.45) is 3.55. The molecule has 2 aromatic rings. The second kappa shape index (κ2) is 5.55. The van der Waals surface area contributed by atoms with Crippen LogP contribution in [0.4, 0.5) is 0 Å². The second-order valence-corrected chi connectivity index (χ2v) is 7.11. The van der Waals surface area contributed by atoms with Gasteiger partial charge in [0, 0.05) is 0 Å². The lowest BCUT2D eigenvalue weighted by atomic mass is 9.96. The zero-order chi connectivity index (χ0) is 14.9. The number of hydrogen-bond acceptors (Lipinski definition) is 1. The maximum atomic E-state index is 5.97. The van der Waals surface area contributed by atoms with Crippen LogP contribution in [0.3, 0.4) is 0 Å². The number of rotatable bonds is 3. The lowest BCUT2D eigenvalue weighted by Gasteiger charge is -2.21. The second-order valence-electron chi connectivity index (χ2n) is 7.11. The Morgan fingerprint density at radius 1 is 0.952 bits per heavy atom. The molecule has 0 atom stereocenters. The minimum absolute atomic E-state index is 0.137. The van der Waals surface area contributed by atoms with Crippen molar-refractivity contribution >= 4 is 0 Å². The first-order valence-electron chi connectivity index (χ1n) is 7.84. The molecule has 0 saturated carbocycles. The summed E-state index contributed by atoms with van der Waals surface area (Å²) in [4.78, 5) is 0. The summed E-state index contributed by atoms with van der Waals surface area (Å²) in [5.41, 5.74) is 4.31. The first kappa shape index (κ1) is 14.2. The van der Waals surface area contributed by atoms with E-state index in [1.54, 1.807) is 0 Å². The quantitative estimate of drug-likeness (QED) is 0.783. The van der Waals surface area contributed by atoms with Crippen molar-refractivity contribution in [2.24, 2.45) is 5.92 Å². The number of benzene rings is 2. The Morgan fingerprint density at radius 2 is 1.62 bits per heavy atom.